The fourth-order valence-electron chi connectivity index (χ4n) is 2.41. The number of rotatable bonds is 10. The highest BCUT2D eigenvalue weighted by molar-refractivity contribution is 5.42. The molecule has 4 nitrogen and oxygen atoms in total. The first-order valence-electron chi connectivity index (χ1n) is 8.10. The van der Waals surface area contributed by atoms with Crippen LogP contribution in [0.5, 0.6) is 11.5 Å². The van der Waals surface area contributed by atoms with Crippen LogP contribution in [0.2, 0.25) is 0 Å². The molecule has 0 heterocycles. The normalized spacial score (nSPS) is 13.9. The average molecular weight is 321 g/mol. The van der Waals surface area contributed by atoms with E-state index in [0.717, 1.165) is 36.6 Å². The quantitative estimate of drug-likeness (QED) is 0.670. The van der Waals surface area contributed by atoms with Gasteiger partial charge in [-0.2, -0.15) is 0 Å². The van der Waals surface area contributed by atoms with Gasteiger partial charge in [0.05, 0.1) is 19.8 Å². The average Bonchev–Trinajstić information content (AvgIpc) is 2.52. The van der Waals surface area contributed by atoms with Gasteiger partial charge in [0, 0.05) is 13.1 Å². The summed E-state index contributed by atoms with van der Waals surface area (Å²) < 4.78 is 10.7. The van der Waals surface area contributed by atoms with Crippen LogP contribution in [0.15, 0.2) is 30.9 Å². The maximum absolute atomic E-state index is 10.3. The summed E-state index contributed by atoms with van der Waals surface area (Å²) in [7, 11) is 3.27. The lowest BCUT2D eigenvalue weighted by atomic mass is 10.0. The summed E-state index contributed by atoms with van der Waals surface area (Å²) in [6, 6.07) is 5.94. The van der Waals surface area contributed by atoms with Crippen molar-refractivity contribution < 1.29 is 14.6 Å². The van der Waals surface area contributed by atoms with Gasteiger partial charge in [0.15, 0.2) is 11.5 Å². The lowest BCUT2D eigenvalue weighted by Crippen LogP contribution is -2.39. The van der Waals surface area contributed by atoms with Gasteiger partial charge in [-0.15, -0.1) is 6.58 Å². The van der Waals surface area contributed by atoms with Crippen molar-refractivity contribution in [3.63, 3.8) is 0 Å². The second kappa shape index (κ2) is 8.94. The third kappa shape index (κ3) is 6.63. The minimum Gasteiger partial charge on any atom is -0.493 e. The van der Waals surface area contributed by atoms with Gasteiger partial charge in [0.2, 0.25) is 0 Å². The Morgan fingerprint density at radius 2 is 1.91 bits per heavy atom. The van der Waals surface area contributed by atoms with E-state index in [4.69, 9.17) is 9.47 Å². The first-order valence-corrected chi connectivity index (χ1v) is 8.10. The Bertz CT molecular complexity index is 497. The zero-order valence-electron chi connectivity index (χ0n) is 15.1. The minimum absolute atomic E-state index is 0.553. The van der Waals surface area contributed by atoms with Gasteiger partial charge in [-0.25, -0.2) is 0 Å². The highest BCUT2D eigenvalue weighted by Gasteiger charge is 2.21. The lowest BCUT2D eigenvalue weighted by Gasteiger charge is -2.30. The van der Waals surface area contributed by atoms with E-state index < -0.39 is 5.60 Å². The molecule has 0 fully saturated rings. The summed E-state index contributed by atoms with van der Waals surface area (Å²) in [5.74, 6) is 2.07. The Morgan fingerprint density at radius 1 is 1.26 bits per heavy atom. The van der Waals surface area contributed by atoms with Gasteiger partial charge in [0.25, 0.3) is 0 Å². The minimum atomic E-state index is -0.895. The molecule has 0 spiro atoms. The van der Waals surface area contributed by atoms with Crippen LogP contribution in [-0.2, 0) is 6.54 Å². The molecule has 0 bridgehead atoms. The Morgan fingerprint density at radius 3 is 2.43 bits per heavy atom. The molecule has 130 valence electrons. The molecule has 0 radical (unpaired) electrons. The predicted octanol–water partition coefficient (Wildman–Crippen LogP) is 3.49. The van der Waals surface area contributed by atoms with Crippen LogP contribution in [-0.4, -0.2) is 42.9 Å². The van der Waals surface area contributed by atoms with Crippen molar-refractivity contribution in [1.29, 1.82) is 0 Å². The molecular weight excluding hydrogens is 290 g/mol. The molecule has 0 aliphatic heterocycles. The van der Waals surface area contributed by atoms with Crippen molar-refractivity contribution in [2.75, 3.05) is 27.3 Å². The van der Waals surface area contributed by atoms with E-state index in [1.807, 2.05) is 18.2 Å². The summed E-state index contributed by atoms with van der Waals surface area (Å²) >= 11 is 0. The van der Waals surface area contributed by atoms with E-state index in [1.54, 1.807) is 27.2 Å². The van der Waals surface area contributed by atoms with Crippen LogP contribution >= 0.6 is 0 Å². The number of hydrogen-bond acceptors (Lipinski definition) is 4. The van der Waals surface area contributed by atoms with Gasteiger partial charge >= 0.3 is 0 Å². The topological polar surface area (TPSA) is 41.9 Å². The Kier molecular flexibility index (Phi) is 7.59. The predicted molar refractivity (Wildman–Crippen MR) is 95.1 cm³/mol. The van der Waals surface area contributed by atoms with Crippen LogP contribution in [0.1, 0.15) is 32.8 Å². The van der Waals surface area contributed by atoms with Crippen molar-refractivity contribution >= 4 is 0 Å². The van der Waals surface area contributed by atoms with E-state index in [2.05, 4.69) is 25.3 Å². The summed E-state index contributed by atoms with van der Waals surface area (Å²) in [5.41, 5.74) is 0.236. The first-order chi connectivity index (χ1) is 10.8. The number of ether oxygens (including phenoxy) is 2. The Labute approximate surface area is 140 Å². The molecule has 0 aliphatic carbocycles. The highest BCUT2D eigenvalue weighted by atomic mass is 16.5. The summed E-state index contributed by atoms with van der Waals surface area (Å²) in [6.45, 7) is 12.2. The maximum atomic E-state index is 10.3. The molecule has 0 saturated heterocycles. The number of methoxy groups -OCH3 is 2. The van der Waals surface area contributed by atoms with Gasteiger partial charge < -0.3 is 14.6 Å². The Balaban J connectivity index is 2.88. The van der Waals surface area contributed by atoms with Crippen LogP contribution in [0.4, 0.5) is 0 Å². The van der Waals surface area contributed by atoms with E-state index in [9.17, 15) is 5.11 Å². The van der Waals surface area contributed by atoms with Crippen molar-refractivity contribution in [3.05, 3.63) is 36.4 Å². The second-order valence-electron chi connectivity index (χ2n) is 6.64. The van der Waals surface area contributed by atoms with Crippen LogP contribution in [0, 0.1) is 5.92 Å². The summed E-state index contributed by atoms with van der Waals surface area (Å²) in [4.78, 5) is 2.25. The SMILES string of the molecule is C=C[C@](C)(O)CN(CCC(C)C)Cc1ccc(OC)c(OC)c1. The number of nitrogens with zero attached hydrogens (tertiary/aromatic N) is 1. The standard InChI is InChI=1S/C19H31NO3/c1-7-19(4,21)14-20(11-10-15(2)3)13-16-8-9-17(22-5)18(12-16)23-6/h7-9,12,15,21H,1,10-11,13-14H2,2-6H3/t19-/m0/s1. The van der Waals surface area contributed by atoms with Crippen molar-refractivity contribution in [1.82, 2.24) is 4.90 Å². The van der Waals surface area contributed by atoms with E-state index >= 15 is 0 Å². The van der Waals surface area contributed by atoms with Crippen molar-refractivity contribution in [2.24, 2.45) is 5.92 Å². The maximum Gasteiger partial charge on any atom is 0.161 e. The summed E-state index contributed by atoms with van der Waals surface area (Å²) in [6.07, 6.45) is 2.69. The summed E-state index contributed by atoms with van der Waals surface area (Å²) in [5, 5.41) is 10.3. The zero-order valence-corrected chi connectivity index (χ0v) is 15.1. The number of aliphatic hydroxyl groups is 1. The second-order valence-corrected chi connectivity index (χ2v) is 6.64. The highest BCUT2D eigenvalue weighted by Crippen LogP contribution is 2.28. The molecule has 23 heavy (non-hydrogen) atoms. The number of hydrogen-bond donors (Lipinski definition) is 1. The molecule has 0 aliphatic rings. The fraction of sp³-hybridized carbons (Fsp3) is 0.579. The van der Waals surface area contributed by atoms with Gasteiger partial charge in [-0.3, -0.25) is 4.90 Å². The van der Waals surface area contributed by atoms with Crippen molar-refractivity contribution in [2.45, 2.75) is 39.3 Å². The van der Waals surface area contributed by atoms with Gasteiger partial charge in [-0.05, 0) is 43.5 Å². The van der Waals surface area contributed by atoms with E-state index in [0.29, 0.717) is 12.5 Å². The molecular formula is C19H31NO3. The van der Waals surface area contributed by atoms with Gasteiger partial charge in [-0.1, -0.05) is 26.0 Å². The molecule has 0 unspecified atom stereocenters. The lowest BCUT2D eigenvalue weighted by molar-refractivity contribution is 0.0568. The van der Waals surface area contributed by atoms with Gasteiger partial charge in [0.1, 0.15) is 0 Å². The van der Waals surface area contributed by atoms with E-state index in [-0.39, 0.29) is 0 Å². The number of benzene rings is 1. The van der Waals surface area contributed by atoms with E-state index in [1.165, 1.54) is 0 Å². The molecule has 1 aromatic carbocycles. The van der Waals surface area contributed by atoms with Crippen LogP contribution in [0.3, 0.4) is 0 Å². The molecule has 1 atom stereocenters. The fourth-order valence-corrected chi connectivity index (χ4v) is 2.41. The molecule has 0 saturated carbocycles. The zero-order chi connectivity index (χ0) is 17.5. The van der Waals surface area contributed by atoms with Crippen molar-refractivity contribution in [3.8, 4) is 11.5 Å². The molecule has 0 aromatic heterocycles. The molecule has 4 heteroatoms. The molecule has 1 aromatic rings. The molecule has 1 rings (SSSR count). The Hall–Kier alpha value is -1.52. The third-order valence-electron chi connectivity index (χ3n) is 3.86. The largest absolute Gasteiger partial charge is 0.493 e. The monoisotopic (exact) mass is 321 g/mol. The smallest absolute Gasteiger partial charge is 0.161 e. The van der Waals surface area contributed by atoms with Crippen LogP contribution < -0.4 is 9.47 Å². The molecule has 0 amide bonds. The molecule has 1 N–H and O–H groups in total. The third-order valence-corrected chi connectivity index (χ3v) is 3.86. The first kappa shape index (κ1) is 19.5. The van der Waals surface area contributed by atoms with Crippen LogP contribution in [0.25, 0.3) is 0 Å².